The number of pyridine rings is 2. The molecule has 2 aliphatic carbocycles. The Morgan fingerprint density at radius 1 is 0.742 bits per heavy atom. The van der Waals surface area contributed by atoms with E-state index in [2.05, 4.69) is 130 Å². The maximum Gasteiger partial charge on any atom is 0.164 e. The molecule has 0 aliphatic heterocycles. The van der Waals surface area contributed by atoms with Gasteiger partial charge in [-0.25, -0.2) is 0 Å². The molecule has 4 nitrogen and oxygen atoms in total. The van der Waals surface area contributed by atoms with E-state index in [0.717, 1.165) is 64.5 Å². The molecule has 0 bridgehead atoms. The van der Waals surface area contributed by atoms with Crippen LogP contribution in [-0.4, -0.2) is 20.9 Å². The second-order valence-corrected chi connectivity index (χ2v) is 20.4. The van der Waals surface area contributed by atoms with E-state index in [-0.39, 0.29) is 43.0 Å². The molecule has 0 amide bonds. The minimum Gasteiger partial charge on any atom is -0.512 e. The number of carbonyl (C=O) groups excluding carboxylic acids is 1. The summed E-state index contributed by atoms with van der Waals surface area (Å²) in [6, 6.07) is 33.2. The fourth-order valence-electron chi connectivity index (χ4n) is 10.0. The molecule has 2 saturated carbocycles. The topological polar surface area (TPSA) is 63.1 Å². The number of hydrogen-bond acceptors (Lipinski definition) is 4. The third-order valence-corrected chi connectivity index (χ3v) is 14.8. The van der Waals surface area contributed by atoms with Gasteiger partial charge in [-0.15, -0.1) is 69.8 Å². The molecule has 1 N–H and O–H groups in total. The number of fused-ring (bicyclic) bond motifs is 2. The predicted molar refractivity (Wildman–Crippen MR) is 276 cm³/mol. The molecule has 0 spiro atoms. The molecule has 66 heavy (non-hydrogen) atoms. The molecule has 8 rings (SSSR count). The molecule has 6 aromatic rings. The minimum atomic E-state index is -0.319. The Hall–Kier alpha value is -4.44. The molecule has 4 aromatic carbocycles. The van der Waals surface area contributed by atoms with Crippen molar-refractivity contribution in [2.75, 3.05) is 0 Å². The Bertz CT molecular complexity index is 2600. The Morgan fingerprint density at radius 2 is 1.23 bits per heavy atom. The van der Waals surface area contributed by atoms with Gasteiger partial charge in [0, 0.05) is 49.9 Å². The third-order valence-electron chi connectivity index (χ3n) is 14.8. The van der Waals surface area contributed by atoms with E-state index in [9.17, 15) is 9.90 Å². The third kappa shape index (κ3) is 13.2. The molecule has 5 heteroatoms. The second kappa shape index (κ2) is 23.5. The molecule has 2 aliphatic rings. The van der Waals surface area contributed by atoms with Crippen molar-refractivity contribution in [1.29, 1.82) is 0 Å². The van der Waals surface area contributed by atoms with Crippen molar-refractivity contribution in [3.8, 4) is 22.5 Å². The average molecular weight is 1060 g/mol. The van der Waals surface area contributed by atoms with Gasteiger partial charge in [0.05, 0.1) is 7.13 Å². The fourth-order valence-corrected chi connectivity index (χ4v) is 10.0. The first-order valence-electron chi connectivity index (χ1n) is 25.2. The van der Waals surface area contributed by atoms with Gasteiger partial charge in [0.2, 0.25) is 0 Å². The second-order valence-electron chi connectivity index (χ2n) is 20.4. The van der Waals surface area contributed by atoms with Gasteiger partial charge < -0.3 is 15.1 Å². The summed E-state index contributed by atoms with van der Waals surface area (Å²) < 4.78 is 8.13. The number of aromatic nitrogens is 2. The average Bonchev–Trinajstić information content (AvgIpc) is 3.84. The summed E-state index contributed by atoms with van der Waals surface area (Å²) in [6.45, 7) is 23.3. The summed E-state index contributed by atoms with van der Waals surface area (Å²) in [4.78, 5) is 21.2. The number of nitrogens with zero attached hydrogens (tertiary/aromatic N) is 2. The Kier molecular flexibility index (Phi) is 18.2. The van der Waals surface area contributed by atoms with Gasteiger partial charge in [-0.3, -0.25) is 4.79 Å². The van der Waals surface area contributed by atoms with Crippen molar-refractivity contribution >= 4 is 27.3 Å². The van der Waals surface area contributed by atoms with Crippen LogP contribution in [0.25, 0.3) is 44.1 Å². The van der Waals surface area contributed by atoms with Gasteiger partial charge in [0.15, 0.2) is 5.78 Å². The van der Waals surface area contributed by atoms with Crippen LogP contribution in [0.2, 0.25) is 0 Å². The van der Waals surface area contributed by atoms with Crippen LogP contribution in [0, 0.1) is 56.6 Å². The summed E-state index contributed by atoms with van der Waals surface area (Å²) in [5.74, 6) is 1.83. The molecule has 2 fully saturated rings. The first-order chi connectivity index (χ1) is 31.5. The van der Waals surface area contributed by atoms with Crippen molar-refractivity contribution in [2.45, 2.75) is 165 Å². The minimum absolute atomic E-state index is 0. The molecule has 2 heterocycles. The van der Waals surface area contributed by atoms with E-state index in [1.54, 1.807) is 0 Å². The number of ketones is 1. The number of aliphatic hydroxyl groups is 1. The monoisotopic (exact) mass is 1060 g/mol. The number of aliphatic hydroxyl groups excluding tert-OH is 1. The summed E-state index contributed by atoms with van der Waals surface area (Å²) in [6.07, 6.45) is 17.6. The molecule has 353 valence electrons. The van der Waals surface area contributed by atoms with Crippen LogP contribution in [0.1, 0.15) is 172 Å². The van der Waals surface area contributed by atoms with Gasteiger partial charge in [-0.2, -0.15) is 0 Å². The van der Waals surface area contributed by atoms with Crippen LogP contribution >= 0.6 is 0 Å². The quantitative estimate of drug-likeness (QED) is 0.0798. The summed E-state index contributed by atoms with van der Waals surface area (Å²) in [5.41, 5.74) is 11.9. The van der Waals surface area contributed by atoms with Gasteiger partial charge in [-0.05, 0) is 138 Å². The summed E-state index contributed by atoms with van der Waals surface area (Å²) in [5, 5.41) is 14.6. The van der Waals surface area contributed by atoms with Gasteiger partial charge >= 0.3 is 0 Å². The van der Waals surface area contributed by atoms with Crippen LogP contribution in [0.3, 0.4) is 0 Å². The van der Waals surface area contributed by atoms with Crippen molar-refractivity contribution in [1.82, 2.24) is 9.97 Å². The standard InChI is InChI=1S/C25H28N.C22H22N.C14H26O2.Ir/c1-17-13-18(2)15-22(14-17)24-23-6-5-20(16-21(23)9-12-26-24)19-7-10-25(3,4)11-8-19;1-15-11-16(2)13-20(12-15)22-21-8-7-18(17-5-3-4-6-17)14-19(21)9-10-23-22;1-6-11(7-2)12(15)10-13(16)14(5,8-3)9-4;/h5-6,9,12-14,16,19H,7-8,10-11H2,1-4H3;7-12,14,17H,3-6H2,1-2H3;10-11,15H,6-9H2,1-5H3;/q2*-1;;/b;;12-10-;/i;10D;;. The molecule has 2 aromatic heterocycles. The zero-order valence-corrected chi connectivity index (χ0v) is 44.3. The van der Waals surface area contributed by atoms with E-state index in [4.69, 9.17) is 1.37 Å². The molecule has 0 saturated heterocycles. The Balaban J connectivity index is 0.000000193. The van der Waals surface area contributed by atoms with Crippen molar-refractivity contribution in [3.05, 3.63) is 143 Å². The normalized spacial score (nSPS) is 15.7. The van der Waals surface area contributed by atoms with Crippen LogP contribution in [-0.2, 0) is 24.9 Å². The van der Waals surface area contributed by atoms with Crippen molar-refractivity contribution < 1.29 is 31.4 Å². The molecule has 0 atom stereocenters. The number of benzene rings is 4. The van der Waals surface area contributed by atoms with E-state index in [1.807, 2.05) is 46.9 Å². The van der Waals surface area contributed by atoms with Crippen LogP contribution < -0.4 is 0 Å². The van der Waals surface area contributed by atoms with Gasteiger partial charge in [-0.1, -0.05) is 125 Å². The number of allylic oxidation sites excluding steroid dienone is 2. The maximum absolute atomic E-state index is 12.0. The molecular formula is C61H76IrN2O2-2. The number of hydrogen-bond donors (Lipinski definition) is 1. The predicted octanol–water partition coefficient (Wildman–Crippen LogP) is 17.2. The maximum atomic E-state index is 12.0. The van der Waals surface area contributed by atoms with Crippen molar-refractivity contribution in [3.63, 3.8) is 0 Å². The smallest absolute Gasteiger partial charge is 0.164 e. The molecule has 0 unspecified atom stereocenters. The fraction of sp³-hybridized carbons (Fsp3) is 0.459. The zero-order valence-electron chi connectivity index (χ0n) is 42.9. The first-order valence-corrected chi connectivity index (χ1v) is 24.7. The number of carbonyl (C=O) groups is 1. The Morgan fingerprint density at radius 3 is 1.71 bits per heavy atom. The van der Waals surface area contributed by atoms with E-state index in [0.29, 0.717) is 23.4 Å². The zero-order chi connectivity index (χ0) is 47.8. The Labute approximate surface area is 413 Å². The van der Waals surface area contributed by atoms with E-state index < -0.39 is 0 Å². The molecular weight excluding hydrogens is 985 g/mol. The number of rotatable bonds is 11. The van der Waals surface area contributed by atoms with Crippen molar-refractivity contribution in [2.24, 2.45) is 16.7 Å². The SMILES string of the molecule is CCC(CC)/C(O)=C/C(=O)C(C)(CC)CC.Cc1[c-]c(-c2nccc3cc(C4CCC(C)(C)CC4)ccc23)cc(C)c1.[2H]c1cc2cc(C3CCCC3)ccc2c(-c2[c-]c(C)cc(C)c2)n1.[Ir]. The summed E-state index contributed by atoms with van der Waals surface area (Å²) in [7, 11) is 0. The van der Waals surface area contributed by atoms with E-state index >= 15 is 0 Å². The van der Waals surface area contributed by atoms with E-state index in [1.165, 1.54) is 96.0 Å². The summed E-state index contributed by atoms with van der Waals surface area (Å²) >= 11 is 0. The number of aryl methyl sites for hydroxylation is 4. The largest absolute Gasteiger partial charge is 0.512 e. The van der Waals surface area contributed by atoms with Crippen LogP contribution in [0.4, 0.5) is 0 Å². The van der Waals surface area contributed by atoms with Crippen LogP contribution in [0.5, 0.6) is 0 Å². The molecule has 1 radical (unpaired) electrons. The first kappa shape index (κ1) is 51.0. The van der Waals surface area contributed by atoms with Gasteiger partial charge in [0.25, 0.3) is 0 Å². The van der Waals surface area contributed by atoms with Gasteiger partial charge in [0.1, 0.15) is 0 Å². The van der Waals surface area contributed by atoms with Crippen LogP contribution in [0.15, 0.2) is 97.0 Å².